The fourth-order valence-electron chi connectivity index (χ4n) is 2.34. The lowest BCUT2D eigenvalue weighted by Gasteiger charge is -2.14. The van der Waals surface area contributed by atoms with Crippen molar-refractivity contribution in [3.63, 3.8) is 0 Å². The number of alkyl halides is 1. The maximum Gasteiger partial charge on any atom is 0.124 e. The lowest BCUT2D eigenvalue weighted by Crippen LogP contribution is -2.11. The molecule has 1 saturated heterocycles. The zero-order valence-electron chi connectivity index (χ0n) is 9.63. The van der Waals surface area contributed by atoms with Crippen LogP contribution >= 0.6 is 0 Å². The van der Waals surface area contributed by atoms with E-state index in [1.165, 1.54) is 6.42 Å². The average molecular weight is 223 g/mol. The molecule has 16 heavy (non-hydrogen) atoms. The first-order valence-corrected chi connectivity index (χ1v) is 5.76. The molecule has 1 unspecified atom stereocenters. The molecule has 0 aliphatic carbocycles. The van der Waals surface area contributed by atoms with Crippen molar-refractivity contribution >= 4 is 0 Å². The second-order valence-electron chi connectivity index (χ2n) is 4.29. The molecule has 3 heteroatoms. The maximum atomic E-state index is 13.0. The highest BCUT2D eigenvalue weighted by atomic mass is 19.1. The van der Waals surface area contributed by atoms with Crippen LogP contribution in [0.3, 0.4) is 0 Å². The topological polar surface area (TPSA) is 21.3 Å². The molecule has 1 N–H and O–H groups in total. The van der Waals surface area contributed by atoms with Crippen molar-refractivity contribution in [1.29, 1.82) is 0 Å². The third-order valence-electron chi connectivity index (χ3n) is 3.25. The van der Waals surface area contributed by atoms with Crippen molar-refractivity contribution in [1.82, 2.24) is 5.32 Å². The molecule has 0 radical (unpaired) electrons. The maximum absolute atomic E-state index is 13.0. The Bertz CT molecular complexity index is 348. The molecule has 0 spiro atoms. The summed E-state index contributed by atoms with van der Waals surface area (Å²) in [4.78, 5) is 0. The Morgan fingerprint density at radius 3 is 3.00 bits per heavy atom. The van der Waals surface area contributed by atoms with Gasteiger partial charge in [0.1, 0.15) is 12.4 Å². The van der Waals surface area contributed by atoms with Gasteiger partial charge in [-0.25, -0.2) is 4.39 Å². The van der Waals surface area contributed by atoms with Gasteiger partial charge in [-0.15, -0.1) is 0 Å². The van der Waals surface area contributed by atoms with Crippen LogP contribution < -0.4 is 10.1 Å². The van der Waals surface area contributed by atoms with E-state index in [9.17, 15) is 4.39 Å². The number of benzene rings is 1. The van der Waals surface area contributed by atoms with Gasteiger partial charge in [0.15, 0.2) is 0 Å². The van der Waals surface area contributed by atoms with E-state index in [1.54, 1.807) is 7.11 Å². The van der Waals surface area contributed by atoms with Crippen molar-refractivity contribution in [3.8, 4) is 5.75 Å². The smallest absolute Gasteiger partial charge is 0.124 e. The van der Waals surface area contributed by atoms with Crippen molar-refractivity contribution in [2.75, 3.05) is 20.2 Å². The Balaban J connectivity index is 2.18. The molecule has 88 valence electrons. The lowest BCUT2D eigenvalue weighted by molar-refractivity contribution is 0.391. The van der Waals surface area contributed by atoms with Crippen LogP contribution in [0.15, 0.2) is 18.2 Å². The van der Waals surface area contributed by atoms with Crippen molar-refractivity contribution in [2.45, 2.75) is 19.5 Å². The van der Waals surface area contributed by atoms with Crippen LogP contribution in [0, 0.1) is 5.92 Å². The highest BCUT2D eigenvalue weighted by Gasteiger charge is 2.17. The SMILES string of the molecule is COc1cccc(CC2CCNC2)c1CF. The number of hydrogen-bond donors (Lipinski definition) is 1. The molecule has 0 aromatic heterocycles. The van der Waals surface area contributed by atoms with E-state index in [1.807, 2.05) is 18.2 Å². The van der Waals surface area contributed by atoms with E-state index in [0.29, 0.717) is 11.7 Å². The van der Waals surface area contributed by atoms with Crippen LogP contribution in [0.25, 0.3) is 0 Å². The van der Waals surface area contributed by atoms with E-state index in [2.05, 4.69) is 5.32 Å². The van der Waals surface area contributed by atoms with Gasteiger partial charge in [-0.2, -0.15) is 0 Å². The van der Waals surface area contributed by atoms with E-state index >= 15 is 0 Å². The summed E-state index contributed by atoms with van der Waals surface area (Å²) < 4.78 is 18.2. The zero-order valence-corrected chi connectivity index (χ0v) is 9.63. The number of hydrogen-bond acceptors (Lipinski definition) is 2. The van der Waals surface area contributed by atoms with Crippen molar-refractivity contribution in [2.24, 2.45) is 5.92 Å². The third-order valence-corrected chi connectivity index (χ3v) is 3.25. The monoisotopic (exact) mass is 223 g/mol. The summed E-state index contributed by atoms with van der Waals surface area (Å²) >= 11 is 0. The molecular weight excluding hydrogens is 205 g/mol. The number of nitrogens with one attached hydrogen (secondary N) is 1. The standard InChI is InChI=1S/C13H18FNO/c1-16-13-4-2-3-11(12(13)8-14)7-10-5-6-15-9-10/h2-4,10,15H,5-9H2,1H3. The quantitative estimate of drug-likeness (QED) is 0.845. The van der Waals surface area contributed by atoms with Gasteiger partial charge < -0.3 is 10.1 Å². The molecule has 1 aliphatic heterocycles. The second-order valence-corrected chi connectivity index (χ2v) is 4.29. The summed E-state index contributed by atoms with van der Waals surface area (Å²) in [5.41, 5.74) is 1.81. The number of rotatable bonds is 4. The Morgan fingerprint density at radius 1 is 1.50 bits per heavy atom. The molecule has 1 heterocycles. The second kappa shape index (κ2) is 5.30. The van der Waals surface area contributed by atoms with Gasteiger partial charge in [-0.1, -0.05) is 12.1 Å². The first-order chi connectivity index (χ1) is 7.85. The number of ether oxygens (including phenoxy) is 1. The van der Waals surface area contributed by atoms with E-state index in [0.717, 1.165) is 30.6 Å². The minimum atomic E-state index is -0.445. The summed E-state index contributed by atoms with van der Waals surface area (Å²) in [5.74, 6) is 1.31. The van der Waals surface area contributed by atoms with Crippen LogP contribution in [0.1, 0.15) is 17.5 Å². The van der Waals surface area contributed by atoms with E-state index < -0.39 is 6.67 Å². The van der Waals surface area contributed by atoms with Crippen LogP contribution in [0.5, 0.6) is 5.75 Å². The first-order valence-electron chi connectivity index (χ1n) is 5.76. The molecule has 2 rings (SSSR count). The highest BCUT2D eigenvalue weighted by molar-refractivity contribution is 5.40. The molecule has 0 bridgehead atoms. The molecule has 1 aliphatic rings. The first kappa shape index (κ1) is 11.4. The summed E-state index contributed by atoms with van der Waals surface area (Å²) in [6, 6.07) is 5.77. The summed E-state index contributed by atoms with van der Waals surface area (Å²) in [6.45, 7) is 1.68. The molecule has 1 aromatic carbocycles. The Morgan fingerprint density at radius 2 is 2.38 bits per heavy atom. The van der Waals surface area contributed by atoms with Crippen molar-refractivity contribution in [3.05, 3.63) is 29.3 Å². The highest BCUT2D eigenvalue weighted by Crippen LogP contribution is 2.26. The largest absolute Gasteiger partial charge is 0.496 e. The lowest BCUT2D eigenvalue weighted by atomic mass is 9.95. The van der Waals surface area contributed by atoms with Crippen LogP contribution in [-0.2, 0) is 13.1 Å². The van der Waals surface area contributed by atoms with E-state index in [-0.39, 0.29) is 0 Å². The van der Waals surface area contributed by atoms with Crippen LogP contribution in [0.4, 0.5) is 4.39 Å². The normalized spacial score (nSPS) is 20.0. The Kier molecular flexibility index (Phi) is 3.78. The van der Waals surface area contributed by atoms with E-state index in [4.69, 9.17) is 4.74 Å². The third kappa shape index (κ3) is 2.35. The van der Waals surface area contributed by atoms with Crippen LogP contribution in [0.2, 0.25) is 0 Å². The van der Waals surface area contributed by atoms with Gasteiger partial charge in [0.2, 0.25) is 0 Å². The van der Waals surface area contributed by atoms with Crippen molar-refractivity contribution < 1.29 is 9.13 Å². The van der Waals surface area contributed by atoms with Gasteiger partial charge in [0.25, 0.3) is 0 Å². The Labute approximate surface area is 95.8 Å². The molecule has 0 amide bonds. The minimum Gasteiger partial charge on any atom is -0.496 e. The Hall–Kier alpha value is -1.09. The summed E-state index contributed by atoms with van der Waals surface area (Å²) in [7, 11) is 1.59. The predicted octanol–water partition coefficient (Wildman–Crippen LogP) is 2.32. The molecule has 2 nitrogen and oxygen atoms in total. The number of methoxy groups -OCH3 is 1. The molecule has 0 saturated carbocycles. The van der Waals surface area contributed by atoms with Gasteiger partial charge in [0.05, 0.1) is 7.11 Å². The summed E-state index contributed by atoms with van der Waals surface area (Å²) in [6.07, 6.45) is 2.13. The average Bonchev–Trinajstić information content (AvgIpc) is 2.81. The summed E-state index contributed by atoms with van der Waals surface area (Å²) in [5, 5.41) is 3.33. The number of halogens is 1. The molecule has 1 fully saturated rings. The van der Waals surface area contributed by atoms with Crippen LogP contribution in [-0.4, -0.2) is 20.2 Å². The van der Waals surface area contributed by atoms with Gasteiger partial charge in [-0.05, 0) is 43.5 Å². The van der Waals surface area contributed by atoms with Gasteiger partial charge >= 0.3 is 0 Å². The van der Waals surface area contributed by atoms with Gasteiger partial charge in [-0.3, -0.25) is 0 Å². The molecule has 1 atom stereocenters. The zero-order chi connectivity index (χ0) is 11.4. The minimum absolute atomic E-state index is 0.445. The molecular formula is C13H18FNO. The molecule has 1 aromatic rings. The van der Waals surface area contributed by atoms with Gasteiger partial charge in [0, 0.05) is 5.56 Å². The predicted molar refractivity (Wildman–Crippen MR) is 62.5 cm³/mol. The fourth-order valence-corrected chi connectivity index (χ4v) is 2.34. The fraction of sp³-hybridized carbons (Fsp3) is 0.538.